The summed E-state index contributed by atoms with van der Waals surface area (Å²) >= 11 is 0. The number of aryl methyl sites for hydroxylation is 1. The Morgan fingerprint density at radius 2 is 1.37 bits per heavy atom. The molecule has 0 fully saturated rings. The van der Waals surface area contributed by atoms with Gasteiger partial charge in [0, 0.05) is 51.7 Å². The fraction of sp³-hybridized carbons (Fsp3) is 0.118. The lowest BCUT2D eigenvalue weighted by Gasteiger charge is -2.19. The Morgan fingerprint density at radius 3 is 2.11 bits per heavy atom. The number of hydrogen-bond donors (Lipinski definition) is 0. The number of para-hydroxylation sites is 2. The molecule has 0 amide bonds. The van der Waals surface area contributed by atoms with Crippen molar-refractivity contribution in [2.75, 3.05) is 0 Å². The van der Waals surface area contributed by atoms with E-state index in [1.54, 1.807) is 0 Å². The van der Waals surface area contributed by atoms with Crippen LogP contribution in [0.5, 0.6) is 0 Å². The van der Waals surface area contributed by atoms with Crippen LogP contribution in [0.1, 0.15) is 30.4 Å². The van der Waals surface area contributed by atoms with Gasteiger partial charge in [0.05, 0.1) is 16.6 Å². The summed E-state index contributed by atoms with van der Waals surface area (Å²) in [5.74, 6) is 1.08. The van der Waals surface area contributed by atoms with Gasteiger partial charge in [0.15, 0.2) is 0 Å². The highest BCUT2D eigenvalue weighted by Gasteiger charge is 2.22. The van der Waals surface area contributed by atoms with Crippen LogP contribution in [0.15, 0.2) is 108 Å². The van der Waals surface area contributed by atoms with Gasteiger partial charge in [-0.1, -0.05) is 54.6 Å². The second kappa shape index (κ2) is 8.42. The summed E-state index contributed by atoms with van der Waals surface area (Å²) < 4.78 is 4.72. The van der Waals surface area contributed by atoms with Gasteiger partial charge in [0.2, 0.25) is 0 Å². The monoisotopic (exact) mass is 490 g/mol. The number of pyridine rings is 1. The molecule has 0 N–H and O–H groups in total. The molecule has 3 aromatic heterocycles. The number of rotatable bonds is 3. The third-order valence-electron chi connectivity index (χ3n) is 8.07. The molecule has 0 bridgehead atoms. The quantitative estimate of drug-likeness (QED) is 0.245. The molecule has 182 valence electrons. The van der Waals surface area contributed by atoms with E-state index >= 15 is 0 Å². The van der Waals surface area contributed by atoms with Crippen molar-refractivity contribution in [2.45, 2.75) is 25.7 Å². The van der Waals surface area contributed by atoms with Crippen LogP contribution in [-0.4, -0.2) is 20.3 Å². The summed E-state index contributed by atoms with van der Waals surface area (Å²) in [6.07, 6.45) is 14.5. The van der Waals surface area contributed by atoms with Gasteiger partial charge < -0.3 is 4.57 Å². The van der Waals surface area contributed by atoms with Crippen molar-refractivity contribution < 1.29 is 0 Å². The summed E-state index contributed by atoms with van der Waals surface area (Å²) in [6.45, 7) is 0. The van der Waals surface area contributed by atoms with Gasteiger partial charge in [-0.05, 0) is 73.2 Å². The Bertz CT molecular complexity index is 1910. The van der Waals surface area contributed by atoms with Crippen LogP contribution >= 0.6 is 0 Å². The lowest BCUT2D eigenvalue weighted by molar-refractivity contribution is 0.950. The summed E-state index contributed by atoms with van der Waals surface area (Å²) in [5, 5.41) is 3.81. The molecular formula is C34H26N4. The predicted octanol–water partition coefficient (Wildman–Crippen LogP) is 8.50. The average Bonchev–Trinajstić information content (AvgIpc) is 3.51. The molecule has 4 nitrogen and oxygen atoms in total. The lowest BCUT2D eigenvalue weighted by Crippen LogP contribution is -2.03. The first-order chi connectivity index (χ1) is 18.9. The average molecular weight is 491 g/mol. The second-order valence-electron chi connectivity index (χ2n) is 10.1. The minimum Gasteiger partial charge on any atom is -0.309 e. The van der Waals surface area contributed by atoms with Crippen molar-refractivity contribution >= 4 is 56.0 Å². The van der Waals surface area contributed by atoms with Crippen molar-refractivity contribution in [1.82, 2.24) is 14.1 Å². The topological polar surface area (TPSA) is 35.1 Å². The van der Waals surface area contributed by atoms with E-state index in [0.717, 1.165) is 31.5 Å². The molecule has 1 aliphatic carbocycles. The van der Waals surface area contributed by atoms with E-state index in [4.69, 9.17) is 4.99 Å². The zero-order valence-electron chi connectivity index (χ0n) is 21.0. The number of allylic oxidation sites excluding steroid dienone is 4. The molecule has 38 heavy (non-hydrogen) atoms. The maximum Gasteiger partial charge on any atom is 0.140 e. The highest BCUT2D eigenvalue weighted by atomic mass is 15.1. The molecular weight excluding hydrogens is 464 g/mol. The molecule has 0 radical (unpaired) electrons. The largest absolute Gasteiger partial charge is 0.309 e. The molecule has 4 heterocycles. The minimum absolute atomic E-state index is 0.981. The fourth-order valence-corrected chi connectivity index (χ4v) is 6.30. The maximum atomic E-state index is 4.81. The first-order valence-electron chi connectivity index (χ1n) is 13.4. The fourth-order valence-electron chi connectivity index (χ4n) is 6.30. The van der Waals surface area contributed by atoms with Crippen LogP contribution < -0.4 is 0 Å². The summed E-state index contributed by atoms with van der Waals surface area (Å²) in [6, 6.07) is 28.5. The highest BCUT2D eigenvalue weighted by Crippen LogP contribution is 2.40. The van der Waals surface area contributed by atoms with Gasteiger partial charge in [-0.15, -0.1) is 0 Å². The van der Waals surface area contributed by atoms with E-state index in [9.17, 15) is 0 Å². The summed E-state index contributed by atoms with van der Waals surface area (Å²) in [7, 11) is 0. The van der Waals surface area contributed by atoms with Crippen molar-refractivity contribution in [1.29, 1.82) is 0 Å². The molecule has 0 spiro atoms. The van der Waals surface area contributed by atoms with Crippen LogP contribution in [-0.2, 0) is 6.42 Å². The van der Waals surface area contributed by atoms with Gasteiger partial charge in [-0.3, -0.25) is 9.55 Å². The number of hydrogen-bond acceptors (Lipinski definition) is 2. The molecule has 8 rings (SSSR count). The van der Waals surface area contributed by atoms with Crippen molar-refractivity contribution in [3.63, 3.8) is 0 Å². The molecule has 6 aromatic rings. The SMILES string of the molecule is C1=Nc2c(c3cnccc3n2C2=CC=C(c3ccc(-n4c5ccccc5c5ccccc54)cc3)CC2)CC1. The van der Waals surface area contributed by atoms with E-state index in [1.807, 2.05) is 12.4 Å². The van der Waals surface area contributed by atoms with Crippen molar-refractivity contribution in [3.05, 3.63) is 115 Å². The Morgan fingerprint density at radius 1 is 0.632 bits per heavy atom. The van der Waals surface area contributed by atoms with Gasteiger partial charge in [-0.25, -0.2) is 4.99 Å². The van der Waals surface area contributed by atoms with E-state index in [2.05, 4.69) is 111 Å². The molecule has 0 atom stereocenters. The number of fused-ring (bicyclic) bond motifs is 6. The lowest BCUT2D eigenvalue weighted by atomic mass is 9.95. The molecule has 0 saturated heterocycles. The summed E-state index contributed by atoms with van der Waals surface area (Å²) in [4.78, 5) is 9.20. The zero-order chi connectivity index (χ0) is 25.1. The first-order valence-corrected chi connectivity index (χ1v) is 13.4. The molecule has 2 aliphatic rings. The van der Waals surface area contributed by atoms with Crippen LogP contribution in [0.3, 0.4) is 0 Å². The zero-order valence-corrected chi connectivity index (χ0v) is 21.0. The second-order valence-corrected chi connectivity index (χ2v) is 10.1. The number of aromatic nitrogens is 3. The molecule has 0 saturated carbocycles. The Hall–Kier alpha value is -4.70. The summed E-state index contributed by atoms with van der Waals surface area (Å²) in [5.41, 5.74) is 10.2. The Labute approximate surface area is 220 Å². The van der Waals surface area contributed by atoms with E-state index < -0.39 is 0 Å². The van der Waals surface area contributed by atoms with Crippen molar-refractivity contribution in [2.24, 2.45) is 4.99 Å². The van der Waals surface area contributed by atoms with E-state index in [0.29, 0.717) is 0 Å². The predicted molar refractivity (Wildman–Crippen MR) is 158 cm³/mol. The third-order valence-corrected chi connectivity index (χ3v) is 8.07. The maximum absolute atomic E-state index is 4.81. The first kappa shape index (κ1) is 21.4. The van der Waals surface area contributed by atoms with Crippen LogP contribution in [0, 0.1) is 0 Å². The highest BCUT2D eigenvalue weighted by molar-refractivity contribution is 6.09. The standard InChI is InChI=1S/C34H26N4/c1-3-9-31-27(6-1)28-7-2-4-10-32(28)37(31)25-15-11-23(12-16-25)24-13-17-26(18-14-24)38-33-19-21-35-22-30(33)29-8-5-20-36-34(29)38/h1-4,6-7,9-13,15-17,19-22H,5,8,14,18H2. The van der Waals surface area contributed by atoms with Crippen LogP contribution in [0.25, 0.3) is 49.7 Å². The molecule has 1 aliphatic heterocycles. The molecule has 3 aromatic carbocycles. The third kappa shape index (κ3) is 3.16. The van der Waals surface area contributed by atoms with E-state index in [-0.39, 0.29) is 0 Å². The minimum atomic E-state index is 0.981. The van der Waals surface area contributed by atoms with Crippen LogP contribution in [0.2, 0.25) is 0 Å². The van der Waals surface area contributed by atoms with Gasteiger partial charge in [0.25, 0.3) is 0 Å². The van der Waals surface area contributed by atoms with Crippen LogP contribution in [0.4, 0.5) is 5.82 Å². The van der Waals surface area contributed by atoms with Gasteiger partial charge in [-0.2, -0.15) is 0 Å². The number of benzene rings is 3. The smallest absolute Gasteiger partial charge is 0.140 e. The van der Waals surface area contributed by atoms with Crippen molar-refractivity contribution in [3.8, 4) is 5.69 Å². The Balaban J connectivity index is 1.17. The normalized spacial score (nSPS) is 15.2. The van der Waals surface area contributed by atoms with Gasteiger partial charge in [0.1, 0.15) is 5.82 Å². The number of aliphatic imine (C=N–C) groups is 1. The van der Waals surface area contributed by atoms with Gasteiger partial charge >= 0.3 is 0 Å². The molecule has 4 heteroatoms. The van der Waals surface area contributed by atoms with E-state index in [1.165, 1.54) is 60.8 Å². The Kier molecular flexibility index (Phi) is 4.74. The number of nitrogens with zero attached hydrogens (tertiary/aromatic N) is 4. The molecule has 0 unspecified atom stereocenters.